The molecule has 0 aliphatic carbocycles. The highest BCUT2D eigenvalue weighted by molar-refractivity contribution is 5.88. The Morgan fingerprint density at radius 2 is 1.90 bits per heavy atom. The Balaban J connectivity index is 1.62. The van der Waals surface area contributed by atoms with Crippen molar-refractivity contribution in [2.75, 3.05) is 13.2 Å². The van der Waals surface area contributed by atoms with Crippen molar-refractivity contribution in [3.05, 3.63) is 59.1 Å². The van der Waals surface area contributed by atoms with Crippen molar-refractivity contribution in [1.82, 2.24) is 5.01 Å². The fourth-order valence-corrected chi connectivity index (χ4v) is 2.30. The lowest BCUT2D eigenvalue weighted by atomic mass is 10.1. The van der Waals surface area contributed by atoms with E-state index in [0.29, 0.717) is 10.6 Å². The molecule has 106 valence electrons. The molecule has 0 bridgehead atoms. The van der Waals surface area contributed by atoms with E-state index >= 15 is 0 Å². The smallest absolute Gasteiger partial charge is 0.312 e. The van der Waals surface area contributed by atoms with Crippen LogP contribution in [0.25, 0.3) is 10.8 Å². The molecule has 5 nitrogen and oxygen atoms in total. The van der Waals surface area contributed by atoms with Gasteiger partial charge in [-0.25, -0.2) is 0 Å². The van der Waals surface area contributed by atoms with Crippen molar-refractivity contribution in [2.24, 2.45) is 0 Å². The first kappa shape index (κ1) is 13.3. The quantitative estimate of drug-likeness (QED) is 0.811. The van der Waals surface area contributed by atoms with Gasteiger partial charge in [-0.1, -0.05) is 35.3 Å². The molecule has 0 atom stereocenters. The molecule has 0 radical (unpaired) electrons. The molecule has 1 aliphatic rings. The first-order valence-corrected chi connectivity index (χ1v) is 6.74. The van der Waals surface area contributed by atoms with Gasteiger partial charge in [0, 0.05) is 6.92 Å². The van der Waals surface area contributed by atoms with Gasteiger partial charge in [-0.05, 0) is 22.9 Å². The summed E-state index contributed by atoms with van der Waals surface area (Å²) in [4.78, 5) is 23.8. The summed E-state index contributed by atoms with van der Waals surface area (Å²) in [5, 5.41) is 3.36. The van der Waals surface area contributed by atoms with Crippen LogP contribution in [0.3, 0.4) is 0 Å². The molecule has 1 heterocycles. The van der Waals surface area contributed by atoms with E-state index in [-0.39, 0.29) is 19.1 Å². The average molecular weight is 283 g/mol. The number of hydrogen-bond acceptors (Lipinski definition) is 3. The number of nitroso groups, excluding NO2 is 1. The highest BCUT2D eigenvalue weighted by Crippen LogP contribution is 2.20. The minimum absolute atomic E-state index is 0.225. The topological polar surface area (TPSA) is 49.6 Å². The van der Waals surface area contributed by atoms with Crippen molar-refractivity contribution in [3.8, 4) is 5.75 Å². The van der Waals surface area contributed by atoms with Crippen LogP contribution in [0.2, 0.25) is 0 Å². The molecular formula is C16H15N2O3+. The Morgan fingerprint density at radius 1 is 1.14 bits per heavy atom. The largest absolute Gasteiger partial charge is 0.491 e. The summed E-state index contributed by atoms with van der Waals surface area (Å²) < 4.78 is 5.63. The van der Waals surface area contributed by atoms with E-state index in [4.69, 9.17) is 4.74 Å². The van der Waals surface area contributed by atoms with Gasteiger partial charge >= 0.3 is 5.91 Å². The van der Waals surface area contributed by atoms with Crippen LogP contribution >= 0.6 is 0 Å². The van der Waals surface area contributed by atoms with E-state index in [0.717, 1.165) is 21.5 Å². The van der Waals surface area contributed by atoms with E-state index in [2.05, 4.69) is 0 Å². The van der Waals surface area contributed by atoms with Crippen molar-refractivity contribution >= 4 is 16.7 Å². The SMILES string of the molecule is CC1=CC(=O)N(CCOc2ccc3ccccc3c2)[N+]1=O. The van der Waals surface area contributed by atoms with E-state index in [1.807, 2.05) is 42.5 Å². The number of nitrogens with zero attached hydrogens (tertiary/aromatic N) is 2. The predicted octanol–water partition coefficient (Wildman–Crippen LogP) is 2.66. The van der Waals surface area contributed by atoms with Gasteiger partial charge in [0.15, 0.2) is 4.87 Å². The molecule has 1 aliphatic heterocycles. The maximum absolute atomic E-state index is 11.6. The maximum Gasteiger partial charge on any atom is 0.312 e. The van der Waals surface area contributed by atoms with E-state index in [9.17, 15) is 9.70 Å². The number of amides is 1. The lowest BCUT2D eigenvalue weighted by Crippen LogP contribution is -2.35. The minimum Gasteiger partial charge on any atom is -0.491 e. The lowest BCUT2D eigenvalue weighted by Gasteiger charge is -2.09. The summed E-state index contributed by atoms with van der Waals surface area (Å²) in [5.74, 6) is 0.423. The summed E-state index contributed by atoms with van der Waals surface area (Å²) in [5.41, 5.74) is 0.394. The Hall–Kier alpha value is -2.69. The second-order valence-electron chi connectivity index (χ2n) is 4.88. The fraction of sp³-hybridized carbons (Fsp3) is 0.188. The molecule has 2 aromatic carbocycles. The van der Waals surface area contributed by atoms with Crippen molar-refractivity contribution in [3.63, 3.8) is 0 Å². The highest BCUT2D eigenvalue weighted by Gasteiger charge is 2.36. The van der Waals surface area contributed by atoms with Gasteiger partial charge in [-0.3, -0.25) is 4.79 Å². The van der Waals surface area contributed by atoms with Gasteiger partial charge in [0.05, 0.1) is 11.0 Å². The Bertz CT molecular complexity index is 752. The minimum atomic E-state index is -0.301. The highest BCUT2D eigenvalue weighted by atomic mass is 16.5. The van der Waals surface area contributed by atoms with Crippen LogP contribution in [-0.4, -0.2) is 28.9 Å². The van der Waals surface area contributed by atoms with Crippen LogP contribution in [0.1, 0.15) is 6.92 Å². The maximum atomic E-state index is 11.6. The second kappa shape index (κ2) is 5.36. The van der Waals surface area contributed by atoms with Crippen LogP contribution in [0, 0.1) is 4.91 Å². The Labute approximate surface area is 122 Å². The van der Waals surface area contributed by atoms with Crippen LogP contribution in [0.4, 0.5) is 0 Å². The van der Waals surface area contributed by atoms with E-state index < -0.39 is 0 Å². The molecule has 0 saturated heterocycles. The Morgan fingerprint density at radius 3 is 2.62 bits per heavy atom. The molecule has 0 aromatic heterocycles. The molecule has 0 N–H and O–H groups in total. The molecular weight excluding hydrogens is 268 g/mol. The average Bonchev–Trinajstić information content (AvgIpc) is 2.73. The zero-order valence-corrected chi connectivity index (χ0v) is 11.7. The summed E-state index contributed by atoms with van der Waals surface area (Å²) >= 11 is 0. The van der Waals surface area contributed by atoms with E-state index in [1.165, 1.54) is 6.08 Å². The number of carbonyl (C=O) groups is 1. The number of rotatable bonds is 4. The molecule has 3 rings (SSSR count). The molecule has 1 amide bonds. The molecule has 21 heavy (non-hydrogen) atoms. The molecule has 0 fully saturated rings. The molecule has 5 heteroatoms. The van der Waals surface area contributed by atoms with Crippen LogP contribution in [0.15, 0.2) is 54.2 Å². The number of hydrogen-bond donors (Lipinski definition) is 0. The number of benzene rings is 2. The number of carbonyl (C=O) groups excluding carboxylic acids is 1. The number of hydrazine groups is 1. The summed E-state index contributed by atoms with van der Waals surface area (Å²) in [7, 11) is 0. The third kappa shape index (κ3) is 2.63. The normalized spacial score (nSPS) is 14.7. The zero-order valence-electron chi connectivity index (χ0n) is 11.7. The van der Waals surface area contributed by atoms with Crippen molar-refractivity contribution < 1.29 is 14.4 Å². The van der Waals surface area contributed by atoms with E-state index in [1.54, 1.807) is 6.92 Å². The monoisotopic (exact) mass is 283 g/mol. The predicted molar refractivity (Wildman–Crippen MR) is 78.5 cm³/mol. The standard InChI is InChI=1S/C16H15N2O3/c1-12-10-16(19)17(18(12)20)8-9-21-15-7-6-13-4-2-3-5-14(13)11-15/h2-7,10-11H,8-9H2,1H3/q+1. The molecule has 0 spiro atoms. The third-order valence-corrected chi connectivity index (χ3v) is 3.40. The molecule has 2 aromatic rings. The summed E-state index contributed by atoms with van der Waals surface area (Å²) in [6, 6.07) is 13.8. The van der Waals surface area contributed by atoms with Gasteiger partial charge in [-0.15, -0.1) is 0 Å². The number of allylic oxidation sites excluding steroid dienone is 1. The Kier molecular flexibility index (Phi) is 3.39. The number of fused-ring (bicyclic) bond motifs is 1. The lowest BCUT2D eigenvalue weighted by molar-refractivity contribution is -0.640. The fourth-order valence-electron chi connectivity index (χ4n) is 2.30. The van der Waals surface area contributed by atoms with Crippen molar-refractivity contribution in [1.29, 1.82) is 0 Å². The van der Waals surface area contributed by atoms with Gasteiger partial charge in [0.2, 0.25) is 0 Å². The first-order valence-electron chi connectivity index (χ1n) is 6.74. The number of ether oxygens (including phenoxy) is 1. The van der Waals surface area contributed by atoms with Crippen molar-refractivity contribution in [2.45, 2.75) is 6.92 Å². The summed E-state index contributed by atoms with van der Waals surface area (Å²) in [6.07, 6.45) is 1.32. The second-order valence-corrected chi connectivity index (χ2v) is 4.88. The van der Waals surface area contributed by atoms with Crippen LogP contribution < -0.4 is 4.74 Å². The van der Waals surface area contributed by atoms with Gasteiger partial charge < -0.3 is 4.74 Å². The van der Waals surface area contributed by atoms with Crippen LogP contribution in [-0.2, 0) is 4.79 Å². The zero-order chi connectivity index (χ0) is 14.8. The van der Waals surface area contributed by atoms with Crippen LogP contribution in [0.5, 0.6) is 5.75 Å². The molecule has 0 saturated carbocycles. The third-order valence-electron chi connectivity index (χ3n) is 3.40. The summed E-state index contributed by atoms with van der Waals surface area (Å²) in [6.45, 7) is 2.10. The van der Waals surface area contributed by atoms with Gasteiger partial charge in [0.25, 0.3) is 5.70 Å². The van der Waals surface area contributed by atoms with Gasteiger partial charge in [0.1, 0.15) is 18.9 Å². The van der Waals surface area contributed by atoms with Gasteiger partial charge in [-0.2, -0.15) is 0 Å². The molecule has 0 unspecified atom stereocenters. The first-order chi connectivity index (χ1) is 10.1.